The van der Waals surface area contributed by atoms with Gasteiger partial charge in [0.1, 0.15) is 5.82 Å². The smallest absolute Gasteiger partial charge is 0.125 e. The second-order valence-corrected chi connectivity index (χ2v) is 3.09. The monoisotopic (exact) mass is 182 g/mol. The minimum Gasteiger partial charge on any atom is -0.394 e. The quantitative estimate of drug-likeness (QED) is 0.607. The number of hydrogen-bond donors (Lipinski definition) is 3. The molecular weight excluding hydrogens is 171 g/mol. The molecule has 0 saturated carbocycles. The summed E-state index contributed by atoms with van der Waals surface area (Å²) in [5, 5.41) is 15.0. The summed E-state index contributed by atoms with van der Waals surface area (Å²) >= 11 is 0. The van der Waals surface area contributed by atoms with Crippen molar-refractivity contribution in [3.05, 3.63) is 24.0 Å². The highest BCUT2D eigenvalue weighted by atomic mass is 19.1. The van der Waals surface area contributed by atoms with Gasteiger partial charge in [0.2, 0.25) is 0 Å². The normalized spacial score (nSPS) is 20.0. The predicted molar refractivity (Wildman–Crippen MR) is 49.4 cm³/mol. The highest BCUT2D eigenvalue weighted by molar-refractivity contribution is 5.71. The summed E-state index contributed by atoms with van der Waals surface area (Å²) in [6.07, 6.45) is 0. The number of nitrogens with one attached hydrogen (secondary N) is 2. The molecule has 13 heavy (non-hydrogen) atoms. The van der Waals surface area contributed by atoms with Crippen molar-refractivity contribution >= 4 is 11.4 Å². The first-order chi connectivity index (χ1) is 6.29. The molecule has 0 aliphatic carbocycles. The molecule has 1 atom stereocenters. The van der Waals surface area contributed by atoms with E-state index < -0.39 is 0 Å². The standard InChI is InChI=1S/C9H11FN2O/c10-6-1-2-8-9(3-6)12-7(5-13)4-11-8/h1-3,7,11-13H,4-5H2/t7-/m0/s1. The molecule has 0 unspecified atom stereocenters. The molecule has 0 spiro atoms. The highest BCUT2D eigenvalue weighted by Gasteiger charge is 2.15. The Hall–Kier alpha value is -1.29. The number of fused-ring (bicyclic) bond motifs is 1. The minimum atomic E-state index is -0.272. The Kier molecular flexibility index (Phi) is 2.06. The van der Waals surface area contributed by atoms with Crippen molar-refractivity contribution < 1.29 is 9.50 Å². The summed E-state index contributed by atoms with van der Waals surface area (Å²) in [6, 6.07) is 4.48. The lowest BCUT2D eigenvalue weighted by molar-refractivity contribution is 0.277. The lowest BCUT2D eigenvalue weighted by atomic mass is 10.1. The number of anilines is 2. The zero-order valence-electron chi connectivity index (χ0n) is 7.05. The van der Waals surface area contributed by atoms with Crippen LogP contribution in [0.15, 0.2) is 18.2 Å². The fourth-order valence-electron chi connectivity index (χ4n) is 1.40. The van der Waals surface area contributed by atoms with Gasteiger partial charge < -0.3 is 15.7 Å². The van der Waals surface area contributed by atoms with E-state index in [1.807, 2.05) is 0 Å². The van der Waals surface area contributed by atoms with E-state index in [9.17, 15) is 4.39 Å². The van der Waals surface area contributed by atoms with Crippen LogP contribution in [0, 0.1) is 5.82 Å². The summed E-state index contributed by atoms with van der Waals surface area (Å²) in [5.41, 5.74) is 1.59. The van der Waals surface area contributed by atoms with Gasteiger partial charge in [-0.05, 0) is 18.2 Å². The summed E-state index contributed by atoms with van der Waals surface area (Å²) < 4.78 is 12.8. The molecule has 1 aromatic carbocycles. The molecular formula is C9H11FN2O. The topological polar surface area (TPSA) is 44.3 Å². The fraction of sp³-hybridized carbons (Fsp3) is 0.333. The van der Waals surface area contributed by atoms with Crippen LogP contribution in [0.5, 0.6) is 0 Å². The highest BCUT2D eigenvalue weighted by Crippen LogP contribution is 2.26. The van der Waals surface area contributed by atoms with Crippen LogP contribution in [-0.2, 0) is 0 Å². The third kappa shape index (κ3) is 1.58. The van der Waals surface area contributed by atoms with Gasteiger partial charge >= 0.3 is 0 Å². The number of hydrogen-bond acceptors (Lipinski definition) is 3. The zero-order valence-corrected chi connectivity index (χ0v) is 7.05. The summed E-state index contributed by atoms with van der Waals surface area (Å²) in [4.78, 5) is 0. The van der Waals surface area contributed by atoms with Crippen LogP contribution < -0.4 is 10.6 Å². The molecule has 3 N–H and O–H groups in total. The first-order valence-electron chi connectivity index (χ1n) is 4.20. The number of halogens is 1. The molecule has 1 heterocycles. The molecule has 0 saturated heterocycles. The third-order valence-corrected chi connectivity index (χ3v) is 2.10. The van der Waals surface area contributed by atoms with E-state index in [0.29, 0.717) is 12.2 Å². The van der Waals surface area contributed by atoms with E-state index in [2.05, 4.69) is 10.6 Å². The molecule has 4 heteroatoms. The maximum atomic E-state index is 12.8. The summed E-state index contributed by atoms with van der Waals surface area (Å²) in [7, 11) is 0. The van der Waals surface area contributed by atoms with Crippen molar-refractivity contribution in [2.45, 2.75) is 6.04 Å². The molecule has 3 nitrogen and oxygen atoms in total. The lowest BCUT2D eigenvalue weighted by Gasteiger charge is -2.26. The molecule has 1 aromatic rings. The lowest BCUT2D eigenvalue weighted by Crippen LogP contribution is -2.35. The molecule has 0 bridgehead atoms. The zero-order chi connectivity index (χ0) is 9.26. The van der Waals surface area contributed by atoms with Gasteiger partial charge in [-0.2, -0.15) is 0 Å². The Balaban J connectivity index is 2.27. The molecule has 1 aliphatic rings. The van der Waals surface area contributed by atoms with Crippen molar-refractivity contribution in [1.29, 1.82) is 0 Å². The van der Waals surface area contributed by atoms with Crippen LogP contribution in [0.4, 0.5) is 15.8 Å². The van der Waals surface area contributed by atoms with Crippen molar-refractivity contribution in [2.24, 2.45) is 0 Å². The van der Waals surface area contributed by atoms with Gasteiger partial charge in [-0.25, -0.2) is 4.39 Å². The van der Waals surface area contributed by atoms with Gasteiger partial charge in [0.05, 0.1) is 24.0 Å². The molecule has 0 fully saturated rings. The van der Waals surface area contributed by atoms with E-state index in [1.54, 1.807) is 6.07 Å². The van der Waals surface area contributed by atoms with Gasteiger partial charge in [-0.3, -0.25) is 0 Å². The first-order valence-corrected chi connectivity index (χ1v) is 4.20. The minimum absolute atomic E-state index is 0.0331. The van der Waals surface area contributed by atoms with Gasteiger partial charge in [0.25, 0.3) is 0 Å². The SMILES string of the molecule is OC[C@@H]1CNc2ccc(F)cc2N1. The average Bonchev–Trinajstić information content (AvgIpc) is 2.16. The number of rotatable bonds is 1. The molecule has 70 valence electrons. The van der Waals surface area contributed by atoms with Gasteiger partial charge in [-0.15, -0.1) is 0 Å². The van der Waals surface area contributed by atoms with Crippen LogP contribution >= 0.6 is 0 Å². The van der Waals surface area contributed by atoms with Crippen molar-refractivity contribution in [3.8, 4) is 0 Å². The van der Waals surface area contributed by atoms with Gasteiger partial charge in [0, 0.05) is 6.54 Å². The van der Waals surface area contributed by atoms with Crippen molar-refractivity contribution in [2.75, 3.05) is 23.8 Å². The maximum absolute atomic E-state index is 12.8. The second-order valence-electron chi connectivity index (χ2n) is 3.09. The molecule has 0 aromatic heterocycles. The van der Waals surface area contributed by atoms with E-state index in [0.717, 1.165) is 5.69 Å². The van der Waals surface area contributed by atoms with Crippen LogP contribution in [-0.4, -0.2) is 24.3 Å². The third-order valence-electron chi connectivity index (χ3n) is 2.10. The predicted octanol–water partition coefficient (Wildman–Crippen LogP) is 1.02. The Morgan fingerprint density at radius 3 is 3.08 bits per heavy atom. The van der Waals surface area contributed by atoms with Crippen molar-refractivity contribution in [1.82, 2.24) is 0 Å². The fourth-order valence-corrected chi connectivity index (χ4v) is 1.40. The average molecular weight is 182 g/mol. The molecule has 2 rings (SSSR count). The number of benzene rings is 1. The van der Waals surface area contributed by atoms with Gasteiger partial charge in [0.15, 0.2) is 0 Å². The summed E-state index contributed by atoms with van der Waals surface area (Å²) in [5.74, 6) is -0.272. The van der Waals surface area contributed by atoms with E-state index in [-0.39, 0.29) is 18.5 Å². The first kappa shape index (κ1) is 8.31. The Bertz CT molecular complexity index is 316. The Morgan fingerprint density at radius 2 is 2.31 bits per heavy atom. The summed E-state index contributed by atoms with van der Waals surface area (Å²) in [6.45, 7) is 0.706. The molecule has 0 amide bonds. The van der Waals surface area contributed by atoms with Crippen molar-refractivity contribution in [3.63, 3.8) is 0 Å². The maximum Gasteiger partial charge on any atom is 0.125 e. The van der Waals surface area contributed by atoms with E-state index in [4.69, 9.17) is 5.11 Å². The Morgan fingerprint density at radius 1 is 1.46 bits per heavy atom. The van der Waals surface area contributed by atoms with Crippen LogP contribution in [0.2, 0.25) is 0 Å². The van der Waals surface area contributed by atoms with E-state index in [1.165, 1.54) is 12.1 Å². The largest absolute Gasteiger partial charge is 0.394 e. The molecule has 1 aliphatic heterocycles. The van der Waals surface area contributed by atoms with Crippen LogP contribution in [0.25, 0.3) is 0 Å². The number of aliphatic hydroxyl groups excluding tert-OH is 1. The van der Waals surface area contributed by atoms with E-state index >= 15 is 0 Å². The van der Waals surface area contributed by atoms with Gasteiger partial charge in [-0.1, -0.05) is 0 Å². The molecule has 0 radical (unpaired) electrons. The Labute approximate surface area is 75.6 Å². The van der Waals surface area contributed by atoms with Crippen LogP contribution in [0.3, 0.4) is 0 Å². The second kappa shape index (κ2) is 3.22. The van der Waals surface area contributed by atoms with Crippen LogP contribution in [0.1, 0.15) is 0 Å². The number of aliphatic hydroxyl groups is 1.